The van der Waals surface area contributed by atoms with E-state index in [2.05, 4.69) is 0 Å². The van der Waals surface area contributed by atoms with Crippen molar-refractivity contribution in [3.63, 3.8) is 0 Å². The number of fused-ring (bicyclic) bond motifs is 1. The van der Waals surface area contributed by atoms with Gasteiger partial charge >= 0.3 is 0 Å². The van der Waals surface area contributed by atoms with Crippen molar-refractivity contribution in [2.75, 3.05) is 6.61 Å². The van der Waals surface area contributed by atoms with Crippen LogP contribution in [0.25, 0.3) is 0 Å². The topological polar surface area (TPSA) is 193 Å². The second kappa shape index (κ2) is 10.0. The predicted octanol–water partition coefficient (Wildman–Crippen LogP) is -3.51. The summed E-state index contributed by atoms with van der Waals surface area (Å²) in [5, 5.41) is 81.5. The summed E-state index contributed by atoms with van der Waals surface area (Å²) in [4.78, 5) is 0. The van der Waals surface area contributed by atoms with Crippen molar-refractivity contribution in [1.29, 1.82) is 0 Å². The van der Waals surface area contributed by atoms with Crippen LogP contribution in [-0.4, -0.2) is 126 Å². The minimum atomic E-state index is -1.61. The normalized spacial score (nSPS) is 54.8. The molecule has 4 fully saturated rings. The van der Waals surface area contributed by atoms with Gasteiger partial charge in [0.25, 0.3) is 0 Å². The highest BCUT2D eigenvalue weighted by molar-refractivity contribution is 5.00. The highest BCUT2D eigenvalue weighted by Gasteiger charge is 2.56. The molecule has 4 rings (SSSR count). The molecule has 0 aromatic heterocycles. The van der Waals surface area contributed by atoms with E-state index in [1.165, 1.54) is 0 Å². The molecular formula is C21H37O11+. The molecule has 2 aliphatic heterocycles. The Morgan fingerprint density at radius 3 is 2.22 bits per heavy atom. The first-order valence-electron chi connectivity index (χ1n) is 11.6. The average Bonchev–Trinajstić information content (AvgIpc) is 2.77. The Hall–Kier alpha value is -0.440. The second-order valence-corrected chi connectivity index (χ2v) is 9.83. The molecule has 2 heterocycles. The monoisotopic (exact) mass is 465 g/mol. The molecule has 0 aromatic rings. The van der Waals surface area contributed by atoms with Gasteiger partial charge in [-0.25, -0.2) is 0 Å². The van der Waals surface area contributed by atoms with E-state index in [1.807, 2.05) is 0 Å². The van der Waals surface area contributed by atoms with E-state index in [9.17, 15) is 40.9 Å². The molecule has 0 bridgehead atoms. The van der Waals surface area contributed by atoms with Gasteiger partial charge in [0.15, 0.2) is 24.6 Å². The maximum Gasteiger partial charge on any atom is 0.187 e. The fraction of sp³-hybridized carbons (Fsp3) is 1.00. The summed E-state index contributed by atoms with van der Waals surface area (Å²) in [5.74, 6) is -0.471. The minimum absolute atomic E-state index is 0.210. The maximum atomic E-state index is 11.3. The van der Waals surface area contributed by atoms with Crippen molar-refractivity contribution in [2.45, 2.75) is 112 Å². The van der Waals surface area contributed by atoms with Crippen LogP contribution in [-0.2, 0) is 9.47 Å². The van der Waals surface area contributed by atoms with Gasteiger partial charge in [-0.1, -0.05) is 0 Å². The summed E-state index contributed by atoms with van der Waals surface area (Å²) < 4.78 is 16.4. The zero-order valence-electron chi connectivity index (χ0n) is 17.9. The Bertz CT molecular complexity index is 621. The van der Waals surface area contributed by atoms with E-state index in [0.29, 0.717) is 32.1 Å². The molecular weight excluding hydrogens is 428 g/mol. The van der Waals surface area contributed by atoms with Crippen LogP contribution >= 0.6 is 0 Å². The van der Waals surface area contributed by atoms with Crippen molar-refractivity contribution in [2.24, 2.45) is 11.8 Å². The second-order valence-electron chi connectivity index (χ2n) is 9.83. The van der Waals surface area contributed by atoms with Gasteiger partial charge in [-0.2, -0.15) is 0 Å². The smallest absolute Gasteiger partial charge is 0.187 e. The van der Waals surface area contributed by atoms with E-state index in [0.717, 1.165) is 0 Å². The number of aliphatic hydroxyl groups is 10. The maximum absolute atomic E-state index is 11.3. The Kier molecular flexibility index (Phi) is 7.75. The molecule has 4 aliphatic rings. The fourth-order valence-corrected chi connectivity index (χ4v) is 5.83. The van der Waals surface area contributed by atoms with Crippen LogP contribution in [0.15, 0.2) is 0 Å². The van der Waals surface area contributed by atoms with Crippen LogP contribution in [0.2, 0.25) is 0 Å². The van der Waals surface area contributed by atoms with E-state index in [4.69, 9.17) is 14.2 Å². The SMILES string of the molecule is OCC1OC(OC2C(O)C3CCC(O)CC3[OH+]C2C2CCC(O)C(O)C2)C(O)C(O)C1O. The first kappa shape index (κ1) is 24.7. The first-order chi connectivity index (χ1) is 15.2. The molecule has 14 unspecified atom stereocenters. The number of aliphatic hydroxyl groups excluding tert-OH is 8. The lowest BCUT2D eigenvalue weighted by Gasteiger charge is -2.49. The van der Waals surface area contributed by atoms with Crippen LogP contribution in [0.4, 0.5) is 0 Å². The standard InChI is InChI=1S/C21H36O11/c22-7-14-16(27)17(28)18(29)21(31-14)32-20-15(26)10-3-2-9(23)6-13(10)30-19(20)8-1-4-11(24)12(25)5-8/h8-29H,1-7H2/p+1. The van der Waals surface area contributed by atoms with E-state index in [1.54, 1.807) is 0 Å². The van der Waals surface area contributed by atoms with Gasteiger partial charge in [-0.3, -0.25) is 0 Å². The Morgan fingerprint density at radius 2 is 1.53 bits per heavy atom. The number of ether oxygens (including phenoxy) is 3. The van der Waals surface area contributed by atoms with Crippen LogP contribution in [0.1, 0.15) is 38.5 Å². The quantitative estimate of drug-likeness (QED) is 0.193. The zero-order valence-corrected chi connectivity index (χ0v) is 17.9. The van der Waals surface area contributed by atoms with Crippen molar-refractivity contribution in [3.05, 3.63) is 0 Å². The van der Waals surface area contributed by atoms with E-state index >= 15 is 0 Å². The molecule has 186 valence electrons. The lowest BCUT2D eigenvalue weighted by molar-refractivity contribution is -0.369. The molecule has 11 heteroatoms. The van der Waals surface area contributed by atoms with Crippen LogP contribution in [0.5, 0.6) is 0 Å². The molecule has 0 radical (unpaired) electrons. The predicted molar refractivity (Wildman–Crippen MR) is 107 cm³/mol. The van der Waals surface area contributed by atoms with Crippen LogP contribution in [0, 0.1) is 11.8 Å². The highest BCUT2D eigenvalue weighted by atomic mass is 16.7. The summed E-state index contributed by atoms with van der Waals surface area (Å²) in [6.45, 7) is -0.596. The third-order valence-electron chi connectivity index (χ3n) is 7.76. The van der Waals surface area contributed by atoms with Crippen molar-refractivity contribution in [1.82, 2.24) is 0 Å². The van der Waals surface area contributed by atoms with Crippen LogP contribution < -0.4 is 0 Å². The molecule has 2 saturated heterocycles. The largest absolute Gasteiger partial charge is 0.427 e. The number of hydrogen-bond donors (Lipinski definition) is 8. The molecule has 2 aliphatic carbocycles. The van der Waals surface area contributed by atoms with Gasteiger partial charge in [0.1, 0.15) is 24.4 Å². The summed E-state index contributed by atoms with van der Waals surface area (Å²) in [6.07, 6.45) is -9.66. The zero-order chi connectivity index (χ0) is 23.2. The molecule has 0 aromatic carbocycles. The van der Waals surface area contributed by atoms with Gasteiger partial charge in [0.2, 0.25) is 0 Å². The van der Waals surface area contributed by atoms with Crippen LogP contribution in [0.3, 0.4) is 0 Å². The molecule has 9 N–H and O–H groups in total. The third-order valence-corrected chi connectivity index (χ3v) is 7.76. The fourth-order valence-electron chi connectivity index (χ4n) is 5.83. The van der Waals surface area contributed by atoms with Gasteiger partial charge < -0.3 is 55.1 Å². The lowest BCUT2D eigenvalue weighted by atomic mass is 9.72. The van der Waals surface area contributed by atoms with Gasteiger partial charge in [-0.05, 0) is 32.1 Å². The van der Waals surface area contributed by atoms with E-state index < -0.39 is 73.9 Å². The molecule has 0 amide bonds. The molecule has 2 saturated carbocycles. The summed E-state index contributed by atoms with van der Waals surface area (Å²) >= 11 is 0. The molecule has 0 spiro atoms. The van der Waals surface area contributed by atoms with Gasteiger partial charge in [0.05, 0.1) is 36.9 Å². The molecule has 32 heavy (non-hydrogen) atoms. The van der Waals surface area contributed by atoms with Gasteiger partial charge in [-0.15, -0.1) is 0 Å². The average molecular weight is 466 g/mol. The van der Waals surface area contributed by atoms with Crippen molar-refractivity contribution in [3.8, 4) is 0 Å². The van der Waals surface area contributed by atoms with E-state index in [-0.39, 0.29) is 24.4 Å². The minimum Gasteiger partial charge on any atom is -0.427 e. The summed E-state index contributed by atoms with van der Waals surface area (Å²) in [6, 6.07) is 0. The van der Waals surface area contributed by atoms with Crippen molar-refractivity contribution < 1.29 is 55.1 Å². The molecule has 11 nitrogen and oxygen atoms in total. The highest BCUT2D eigenvalue weighted by Crippen LogP contribution is 2.42. The Balaban J connectivity index is 1.56. The Morgan fingerprint density at radius 1 is 0.781 bits per heavy atom. The van der Waals surface area contributed by atoms with Crippen molar-refractivity contribution >= 4 is 0 Å². The lowest BCUT2D eigenvalue weighted by Crippen LogP contribution is -2.65. The number of hydrogen-bond acceptors (Lipinski definition) is 10. The molecule has 14 atom stereocenters. The summed E-state index contributed by atoms with van der Waals surface area (Å²) in [7, 11) is 0. The summed E-state index contributed by atoms with van der Waals surface area (Å²) in [5.41, 5.74) is 0. The first-order valence-corrected chi connectivity index (χ1v) is 11.6. The Labute approximate surface area is 186 Å². The number of rotatable bonds is 4. The third kappa shape index (κ3) is 4.71. The van der Waals surface area contributed by atoms with Gasteiger partial charge in [0, 0.05) is 12.3 Å².